The van der Waals surface area contributed by atoms with Gasteiger partial charge in [0.2, 0.25) is 23.6 Å². The van der Waals surface area contributed by atoms with Gasteiger partial charge in [0.25, 0.3) is 16.0 Å². The summed E-state index contributed by atoms with van der Waals surface area (Å²) in [6, 6.07) is 14.7. The first kappa shape index (κ1) is 47.1. The SMILES string of the molecule is CC(C)C[C@H]1C(=O)N[C@H](C(=O)NCC(=O)NCCCNC(=O)c2ccc(N/N=C/c3ccccc3S(=O)(=O)O)nc2)Cc2ccc(cc2)OCCC[C@@H]1C(=O)NO.[Tc]. The molecule has 18 nitrogen and oxygen atoms in total. The van der Waals surface area contributed by atoms with Crippen molar-refractivity contribution >= 4 is 51.7 Å². The third-order valence-corrected chi connectivity index (χ3v) is 9.84. The molecule has 3 atom stereocenters. The van der Waals surface area contributed by atoms with Gasteiger partial charge in [0.05, 0.1) is 30.8 Å². The maximum atomic E-state index is 13.7. The zero-order chi connectivity index (χ0) is 41.4. The molecule has 58 heavy (non-hydrogen) atoms. The summed E-state index contributed by atoms with van der Waals surface area (Å²) >= 11 is 0. The van der Waals surface area contributed by atoms with E-state index >= 15 is 0 Å². The summed E-state index contributed by atoms with van der Waals surface area (Å²) in [7, 11) is -4.43. The van der Waals surface area contributed by atoms with Gasteiger partial charge in [0, 0.05) is 57.3 Å². The van der Waals surface area contributed by atoms with Crippen molar-refractivity contribution in [2.75, 3.05) is 31.7 Å². The Labute approximate surface area is 349 Å². The molecule has 1 aromatic heterocycles. The number of benzene rings is 2. The van der Waals surface area contributed by atoms with Gasteiger partial charge in [0.15, 0.2) is 0 Å². The maximum Gasteiger partial charge on any atom is 0.295 e. The summed E-state index contributed by atoms with van der Waals surface area (Å²) in [5.41, 5.74) is 5.44. The van der Waals surface area contributed by atoms with E-state index in [1.165, 1.54) is 42.7 Å². The van der Waals surface area contributed by atoms with Crippen molar-refractivity contribution in [1.82, 2.24) is 31.7 Å². The molecule has 2 aromatic carbocycles. The molecule has 2 aliphatic rings. The van der Waals surface area contributed by atoms with Crippen LogP contribution in [-0.2, 0) is 55.8 Å². The molecular formula is C38H48N8O10STc. The van der Waals surface area contributed by atoms with Crippen LogP contribution in [0.2, 0.25) is 0 Å². The number of nitrogens with one attached hydrogen (secondary N) is 6. The number of fused-ring (bicyclic) bond motifs is 11. The first-order valence-corrected chi connectivity index (χ1v) is 19.8. The van der Waals surface area contributed by atoms with Crippen LogP contribution in [0.1, 0.15) is 61.0 Å². The van der Waals surface area contributed by atoms with Crippen LogP contribution in [0.3, 0.4) is 0 Å². The quantitative estimate of drug-likeness (QED) is 0.0357. The maximum absolute atomic E-state index is 13.7. The Morgan fingerprint density at radius 3 is 2.40 bits per heavy atom. The summed E-state index contributed by atoms with van der Waals surface area (Å²) in [6.45, 7) is 4.15. The Morgan fingerprint density at radius 1 is 1.00 bits per heavy atom. The number of amides is 5. The van der Waals surface area contributed by atoms with E-state index in [1.807, 2.05) is 13.8 Å². The van der Waals surface area contributed by atoms with Crippen LogP contribution in [0.5, 0.6) is 5.75 Å². The van der Waals surface area contributed by atoms with Gasteiger partial charge in [-0.05, 0) is 67.5 Å². The van der Waals surface area contributed by atoms with Crippen molar-refractivity contribution in [3.8, 4) is 5.75 Å². The van der Waals surface area contributed by atoms with Crippen molar-refractivity contribution in [2.24, 2.45) is 22.9 Å². The summed E-state index contributed by atoms with van der Waals surface area (Å²) < 4.78 is 38.2. The van der Waals surface area contributed by atoms with Gasteiger partial charge in [0.1, 0.15) is 22.5 Å². The second kappa shape index (κ2) is 23.2. The van der Waals surface area contributed by atoms with Gasteiger partial charge >= 0.3 is 0 Å². The zero-order valence-electron chi connectivity index (χ0n) is 31.9. The number of hydrogen-bond donors (Lipinski definition) is 8. The molecule has 313 valence electrons. The smallest absolute Gasteiger partial charge is 0.295 e. The minimum absolute atomic E-state index is 0. The molecule has 0 spiro atoms. The normalized spacial score (nSPS) is 17.2. The molecule has 20 heteroatoms. The Hall–Kier alpha value is -5.27. The number of hydroxylamine groups is 1. The van der Waals surface area contributed by atoms with Crippen LogP contribution in [-0.4, -0.2) is 91.2 Å². The molecule has 0 aliphatic carbocycles. The van der Waals surface area contributed by atoms with Crippen LogP contribution in [0.15, 0.2) is 76.9 Å². The first-order chi connectivity index (χ1) is 27.2. The minimum atomic E-state index is -4.43. The predicted molar refractivity (Wildman–Crippen MR) is 208 cm³/mol. The third-order valence-electron chi connectivity index (χ3n) is 8.91. The number of anilines is 1. The summed E-state index contributed by atoms with van der Waals surface area (Å²) in [5, 5.41) is 24.2. The van der Waals surface area contributed by atoms with Crippen LogP contribution in [0, 0.1) is 17.8 Å². The van der Waals surface area contributed by atoms with Crippen molar-refractivity contribution in [3.05, 3.63) is 83.6 Å². The fourth-order valence-corrected chi connectivity index (χ4v) is 6.73. The molecule has 0 unspecified atom stereocenters. The number of carbonyl (C=O) groups excluding carboxylic acids is 5. The molecule has 0 saturated heterocycles. The van der Waals surface area contributed by atoms with Crippen molar-refractivity contribution in [3.63, 3.8) is 0 Å². The van der Waals surface area contributed by atoms with Crippen LogP contribution in [0.4, 0.5) is 5.82 Å². The standard InChI is InChI=1S/C38H48N8O10S.Tc/c1-24(2)19-30-29(37(50)46-52)8-5-18-56-28-13-10-25(11-14-28)20-31(44-36(30)49)38(51)42-23-34(47)39-16-6-17-40-35(48)27-12-15-33(41-21-27)45-43-22-26-7-3-4-9-32(26)57(53,54)55;/h3-4,7,9-15,21-22,24,29-31,52H,5-6,8,16-20,23H2,1-2H3,(H,39,47)(H,40,48)(H,41,45)(H,42,51)(H,44,49)(H,46,50)(H,53,54,55);/b43-22+;/t29-,30+,31-;/m0./s1. The molecule has 5 amide bonds. The topological polar surface area (TPSA) is 267 Å². The number of hydrogen-bond acceptors (Lipinski definition) is 12. The van der Waals surface area contributed by atoms with E-state index in [9.17, 15) is 42.2 Å². The molecule has 3 heterocycles. The van der Waals surface area contributed by atoms with Gasteiger partial charge in [-0.15, -0.1) is 0 Å². The fraction of sp³-hybridized carbons (Fsp3) is 0.395. The van der Waals surface area contributed by atoms with E-state index in [-0.39, 0.29) is 80.3 Å². The molecule has 3 aromatic rings. The van der Waals surface area contributed by atoms with Crippen LogP contribution in [0.25, 0.3) is 0 Å². The average Bonchev–Trinajstić information content (AvgIpc) is 3.18. The molecule has 2 bridgehead atoms. The van der Waals surface area contributed by atoms with Gasteiger partial charge < -0.3 is 26.0 Å². The largest absolute Gasteiger partial charge is 0.494 e. The molecule has 0 fully saturated rings. The van der Waals surface area contributed by atoms with E-state index in [0.717, 1.165) is 5.56 Å². The number of pyridine rings is 1. The van der Waals surface area contributed by atoms with E-state index in [0.29, 0.717) is 31.6 Å². The number of aromatic nitrogens is 1. The Balaban J connectivity index is 0.00000900. The summed E-state index contributed by atoms with van der Waals surface area (Å²) in [6.07, 6.45) is 4.02. The Morgan fingerprint density at radius 2 is 1.72 bits per heavy atom. The first-order valence-electron chi connectivity index (χ1n) is 18.4. The zero-order valence-corrected chi connectivity index (χ0v) is 34.6. The molecule has 1 radical (unpaired) electrons. The minimum Gasteiger partial charge on any atom is -0.494 e. The van der Waals surface area contributed by atoms with Crippen molar-refractivity contribution < 1.29 is 67.0 Å². The van der Waals surface area contributed by atoms with Gasteiger partial charge in [-0.2, -0.15) is 13.5 Å². The molecule has 2 aliphatic heterocycles. The Bertz CT molecular complexity index is 2000. The fourth-order valence-electron chi connectivity index (χ4n) is 6.06. The predicted octanol–water partition coefficient (Wildman–Crippen LogP) is 1.81. The van der Waals surface area contributed by atoms with E-state index < -0.39 is 57.5 Å². The molecule has 0 saturated carbocycles. The van der Waals surface area contributed by atoms with Gasteiger partial charge in [-0.1, -0.05) is 44.2 Å². The molecule has 5 rings (SSSR count). The second-order valence-electron chi connectivity index (χ2n) is 13.7. The summed E-state index contributed by atoms with van der Waals surface area (Å²) in [5.74, 6) is -3.53. The van der Waals surface area contributed by atoms with Crippen LogP contribution >= 0.6 is 0 Å². The number of rotatable bonds is 15. The monoisotopic (exact) mass is 905 g/mol. The average molecular weight is 907 g/mol. The number of ether oxygens (including phenoxy) is 1. The number of hydrazone groups is 1. The van der Waals surface area contributed by atoms with Crippen LogP contribution < -0.4 is 36.9 Å². The van der Waals surface area contributed by atoms with Gasteiger partial charge in [-0.25, -0.2) is 10.5 Å². The summed E-state index contributed by atoms with van der Waals surface area (Å²) in [4.78, 5) is 68.8. The van der Waals surface area contributed by atoms with Crippen molar-refractivity contribution in [2.45, 2.75) is 56.9 Å². The van der Waals surface area contributed by atoms with E-state index in [2.05, 4.69) is 36.8 Å². The van der Waals surface area contributed by atoms with Gasteiger partial charge in [-0.3, -0.25) is 39.2 Å². The Kier molecular flexibility index (Phi) is 18.9. The second-order valence-corrected chi connectivity index (χ2v) is 15.1. The van der Waals surface area contributed by atoms with Crippen molar-refractivity contribution in [1.29, 1.82) is 0 Å². The number of nitrogens with zero attached hydrogens (tertiary/aromatic N) is 2. The van der Waals surface area contributed by atoms with E-state index in [4.69, 9.17) is 4.74 Å². The third kappa shape index (κ3) is 14.9. The van der Waals surface area contributed by atoms with E-state index in [1.54, 1.807) is 35.8 Å². The number of carbonyl (C=O) groups is 5. The molecule has 8 N–H and O–H groups in total. The molecular weight excluding hydrogens is 859 g/mol.